The van der Waals surface area contributed by atoms with Crippen molar-refractivity contribution in [3.05, 3.63) is 65.7 Å². The molecule has 0 amide bonds. The lowest BCUT2D eigenvalue weighted by Gasteiger charge is -2.26. The van der Waals surface area contributed by atoms with Crippen molar-refractivity contribution in [3.8, 4) is 0 Å². The third-order valence-corrected chi connectivity index (χ3v) is 4.12. The van der Waals surface area contributed by atoms with Crippen LogP contribution in [0.5, 0.6) is 0 Å². The minimum Gasteiger partial charge on any atom is -0.451 e. The Morgan fingerprint density at radius 3 is 2.73 bits per heavy atom. The van der Waals surface area contributed by atoms with E-state index in [1.54, 1.807) is 12.1 Å². The second-order valence-electron chi connectivity index (χ2n) is 5.57. The molecule has 4 heteroatoms. The minimum absolute atomic E-state index is 0.249. The highest BCUT2D eigenvalue weighted by Gasteiger charge is 2.35. The van der Waals surface area contributed by atoms with Gasteiger partial charge in [0, 0.05) is 19.5 Å². The molecule has 1 fully saturated rings. The van der Waals surface area contributed by atoms with Gasteiger partial charge in [-0.05, 0) is 23.8 Å². The van der Waals surface area contributed by atoms with Crippen molar-refractivity contribution >= 4 is 17.5 Å². The molecule has 22 heavy (non-hydrogen) atoms. The van der Waals surface area contributed by atoms with Gasteiger partial charge < -0.3 is 9.64 Å². The molecule has 0 saturated carbocycles. The van der Waals surface area contributed by atoms with E-state index in [0.29, 0.717) is 5.56 Å². The molecule has 110 valence electrons. The van der Waals surface area contributed by atoms with Crippen molar-refractivity contribution in [1.29, 1.82) is 0 Å². The van der Waals surface area contributed by atoms with Crippen LogP contribution >= 0.6 is 0 Å². The van der Waals surface area contributed by atoms with E-state index < -0.39 is 0 Å². The van der Waals surface area contributed by atoms with Gasteiger partial charge in [-0.2, -0.15) is 0 Å². The summed E-state index contributed by atoms with van der Waals surface area (Å²) in [7, 11) is 0. The fourth-order valence-electron chi connectivity index (χ4n) is 2.99. The van der Waals surface area contributed by atoms with Crippen LogP contribution in [-0.4, -0.2) is 29.4 Å². The highest BCUT2D eigenvalue weighted by Crippen LogP contribution is 2.31. The number of carbonyl (C=O) groups excluding carboxylic acids is 1. The quantitative estimate of drug-likeness (QED) is 0.798. The lowest BCUT2D eigenvalue weighted by molar-refractivity contribution is 0.0430. The summed E-state index contributed by atoms with van der Waals surface area (Å²) in [5, 5.41) is 0. The fraction of sp³-hybridized carbons (Fsp3) is 0.222. The van der Waals surface area contributed by atoms with E-state index in [4.69, 9.17) is 9.73 Å². The Labute approximate surface area is 129 Å². The maximum atomic E-state index is 12.2. The monoisotopic (exact) mass is 292 g/mol. The van der Waals surface area contributed by atoms with E-state index >= 15 is 0 Å². The van der Waals surface area contributed by atoms with E-state index in [1.807, 2.05) is 36.4 Å². The molecule has 0 bridgehead atoms. The van der Waals surface area contributed by atoms with Gasteiger partial charge >= 0.3 is 5.97 Å². The molecule has 1 unspecified atom stereocenters. The van der Waals surface area contributed by atoms with Gasteiger partial charge in [0.05, 0.1) is 11.3 Å². The number of fused-ring (bicyclic) bond motifs is 2. The largest absolute Gasteiger partial charge is 0.451 e. The van der Waals surface area contributed by atoms with E-state index in [1.165, 1.54) is 5.56 Å². The van der Waals surface area contributed by atoms with Crippen molar-refractivity contribution in [1.82, 2.24) is 4.90 Å². The van der Waals surface area contributed by atoms with Crippen LogP contribution in [0.3, 0.4) is 0 Å². The molecule has 0 aromatic heterocycles. The van der Waals surface area contributed by atoms with Crippen LogP contribution < -0.4 is 0 Å². The van der Waals surface area contributed by atoms with E-state index in [2.05, 4.69) is 11.0 Å². The van der Waals surface area contributed by atoms with Crippen LogP contribution in [0, 0.1) is 0 Å². The first-order valence-corrected chi connectivity index (χ1v) is 7.49. The minimum atomic E-state index is -0.283. The molecule has 1 saturated heterocycles. The predicted octanol–water partition coefficient (Wildman–Crippen LogP) is 3.16. The first kappa shape index (κ1) is 13.1. The van der Waals surface area contributed by atoms with Gasteiger partial charge in [-0.25, -0.2) is 9.79 Å². The predicted molar refractivity (Wildman–Crippen MR) is 84.2 cm³/mol. The average Bonchev–Trinajstić information content (AvgIpc) is 2.95. The van der Waals surface area contributed by atoms with E-state index in [9.17, 15) is 4.79 Å². The number of para-hydroxylation sites is 1. The zero-order valence-electron chi connectivity index (χ0n) is 12.1. The molecule has 2 aromatic rings. The molecular weight excluding hydrogens is 276 g/mol. The molecule has 4 rings (SSSR count). The molecule has 0 aliphatic carbocycles. The number of hydrogen-bond donors (Lipinski definition) is 0. The van der Waals surface area contributed by atoms with E-state index in [-0.39, 0.29) is 12.1 Å². The first-order valence-electron chi connectivity index (χ1n) is 7.49. The smallest absolute Gasteiger partial charge is 0.338 e. The van der Waals surface area contributed by atoms with Gasteiger partial charge in [-0.3, -0.25) is 0 Å². The average molecular weight is 292 g/mol. The zero-order valence-corrected chi connectivity index (χ0v) is 12.1. The number of rotatable bonds is 2. The number of aliphatic imine (C=N–C) groups is 1. The Kier molecular flexibility index (Phi) is 3.15. The number of esters is 1. The Morgan fingerprint density at radius 1 is 1.09 bits per heavy atom. The Morgan fingerprint density at radius 2 is 1.86 bits per heavy atom. The van der Waals surface area contributed by atoms with Gasteiger partial charge in [0.25, 0.3) is 0 Å². The third-order valence-electron chi connectivity index (χ3n) is 4.12. The first-order chi connectivity index (χ1) is 10.8. The molecule has 2 aromatic carbocycles. The molecular formula is C18H16N2O2. The van der Waals surface area contributed by atoms with Crippen molar-refractivity contribution in [2.75, 3.05) is 6.54 Å². The Hall–Kier alpha value is -2.62. The lowest BCUT2D eigenvalue weighted by atomic mass is 10.1. The number of ether oxygens (including phenoxy) is 1. The highest BCUT2D eigenvalue weighted by molar-refractivity contribution is 5.96. The normalized spacial score (nSPS) is 19.2. The molecule has 0 N–H and O–H groups in total. The highest BCUT2D eigenvalue weighted by atomic mass is 16.5. The summed E-state index contributed by atoms with van der Waals surface area (Å²) < 4.78 is 5.67. The standard InChI is InChI=1S/C18H16N2O2/c21-18(13-6-2-1-3-7-13)22-16-10-11-20-12-14-8-4-5-9-15(14)19-17(16)20/h1-9,16H,10-12H2. The summed E-state index contributed by atoms with van der Waals surface area (Å²) in [5.74, 6) is 0.594. The molecule has 2 aliphatic rings. The van der Waals surface area contributed by atoms with Gasteiger partial charge in [0.1, 0.15) is 5.84 Å². The summed E-state index contributed by atoms with van der Waals surface area (Å²) in [5.41, 5.74) is 2.79. The maximum absolute atomic E-state index is 12.2. The number of carbonyl (C=O) groups is 1. The fourth-order valence-corrected chi connectivity index (χ4v) is 2.99. The van der Waals surface area contributed by atoms with Crippen LogP contribution in [0.4, 0.5) is 5.69 Å². The third kappa shape index (κ3) is 2.26. The summed E-state index contributed by atoms with van der Waals surface area (Å²) in [6.45, 7) is 1.72. The second-order valence-corrected chi connectivity index (χ2v) is 5.57. The molecule has 4 nitrogen and oxygen atoms in total. The molecule has 2 aliphatic heterocycles. The Bertz CT molecular complexity index is 740. The number of amidine groups is 1. The molecule has 2 heterocycles. The van der Waals surface area contributed by atoms with Gasteiger partial charge in [0.15, 0.2) is 6.10 Å². The summed E-state index contributed by atoms with van der Waals surface area (Å²) in [6, 6.07) is 17.2. The molecule has 0 radical (unpaired) electrons. The molecule has 0 spiro atoms. The van der Waals surface area contributed by atoms with Crippen molar-refractivity contribution < 1.29 is 9.53 Å². The SMILES string of the molecule is O=C(OC1CCN2Cc3ccccc3N=C12)c1ccccc1. The van der Waals surface area contributed by atoms with Crippen LogP contribution in [0.1, 0.15) is 22.3 Å². The van der Waals surface area contributed by atoms with Gasteiger partial charge in [-0.1, -0.05) is 36.4 Å². The lowest BCUT2D eigenvalue weighted by Crippen LogP contribution is -2.33. The topological polar surface area (TPSA) is 41.9 Å². The van der Waals surface area contributed by atoms with Crippen molar-refractivity contribution in [2.45, 2.75) is 19.1 Å². The maximum Gasteiger partial charge on any atom is 0.338 e. The Balaban J connectivity index is 1.57. The van der Waals surface area contributed by atoms with Crippen LogP contribution in [0.25, 0.3) is 0 Å². The van der Waals surface area contributed by atoms with Gasteiger partial charge in [0.2, 0.25) is 0 Å². The van der Waals surface area contributed by atoms with Gasteiger partial charge in [-0.15, -0.1) is 0 Å². The van der Waals surface area contributed by atoms with Crippen LogP contribution in [-0.2, 0) is 11.3 Å². The second kappa shape index (κ2) is 5.30. The number of nitrogens with zero attached hydrogens (tertiary/aromatic N) is 2. The zero-order chi connectivity index (χ0) is 14.9. The van der Waals surface area contributed by atoms with E-state index in [0.717, 1.165) is 31.0 Å². The van der Waals surface area contributed by atoms with Crippen LogP contribution in [0.2, 0.25) is 0 Å². The summed E-state index contributed by atoms with van der Waals surface area (Å²) in [6.07, 6.45) is 0.548. The van der Waals surface area contributed by atoms with Crippen molar-refractivity contribution in [3.63, 3.8) is 0 Å². The molecule has 1 atom stereocenters. The number of benzene rings is 2. The summed E-state index contributed by atoms with van der Waals surface area (Å²) >= 11 is 0. The van der Waals surface area contributed by atoms with Crippen molar-refractivity contribution in [2.24, 2.45) is 4.99 Å². The summed E-state index contributed by atoms with van der Waals surface area (Å²) in [4.78, 5) is 19.1. The number of hydrogen-bond acceptors (Lipinski definition) is 4. The van der Waals surface area contributed by atoms with Crippen LogP contribution in [0.15, 0.2) is 59.6 Å².